The number of nitriles is 1. The van der Waals surface area contributed by atoms with Gasteiger partial charge in [0.1, 0.15) is 12.4 Å². The van der Waals surface area contributed by atoms with Crippen LogP contribution in [0.3, 0.4) is 0 Å². The van der Waals surface area contributed by atoms with E-state index in [0.29, 0.717) is 18.8 Å². The SMILES string of the molecule is CC(C)OCCOc1ccc(C#N)cc1. The third-order valence-electron chi connectivity index (χ3n) is 1.79. The van der Waals surface area contributed by atoms with E-state index in [1.54, 1.807) is 24.3 Å². The Hall–Kier alpha value is -1.53. The van der Waals surface area contributed by atoms with Crippen molar-refractivity contribution in [1.82, 2.24) is 0 Å². The summed E-state index contributed by atoms with van der Waals surface area (Å²) in [4.78, 5) is 0. The molecule has 3 nitrogen and oxygen atoms in total. The molecule has 0 fully saturated rings. The van der Waals surface area contributed by atoms with Gasteiger partial charge in [-0.25, -0.2) is 0 Å². The number of ether oxygens (including phenoxy) is 2. The summed E-state index contributed by atoms with van der Waals surface area (Å²) >= 11 is 0. The highest BCUT2D eigenvalue weighted by Crippen LogP contribution is 2.11. The van der Waals surface area contributed by atoms with Gasteiger partial charge in [0.25, 0.3) is 0 Å². The van der Waals surface area contributed by atoms with Crippen molar-refractivity contribution >= 4 is 0 Å². The van der Waals surface area contributed by atoms with E-state index in [-0.39, 0.29) is 6.10 Å². The minimum atomic E-state index is 0.231. The molecule has 0 atom stereocenters. The molecule has 0 unspecified atom stereocenters. The van der Waals surface area contributed by atoms with Crippen LogP contribution in [0.1, 0.15) is 19.4 Å². The van der Waals surface area contributed by atoms with Gasteiger partial charge in [-0.15, -0.1) is 0 Å². The van der Waals surface area contributed by atoms with Crippen LogP contribution in [0.5, 0.6) is 5.75 Å². The van der Waals surface area contributed by atoms with Crippen molar-refractivity contribution in [2.24, 2.45) is 0 Å². The van der Waals surface area contributed by atoms with Crippen molar-refractivity contribution in [3.05, 3.63) is 29.8 Å². The van der Waals surface area contributed by atoms with Gasteiger partial charge in [-0.1, -0.05) is 0 Å². The first-order valence-electron chi connectivity index (χ1n) is 4.97. The van der Waals surface area contributed by atoms with Gasteiger partial charge in [-0.2, -0.15) is 5.26 Å². The molecule has 0 N–H and O–H groups in total. The normalized spacial score (nSPS) is 10.0. The highest BCUT2D eigenvalue weighted by molar-refractivity contribution is 5.34. The van der Waals surface area contributed by atoms with Crippen molar-refractivity contribution < 1.29 is 9.47 Å². The van der Waals surface area contributed by atoms with Crippen LogP contribution >= 0.6 is 0 Å². The molecule has 0 saturated heterocycles. The van der Waals surface area contributed by atoms with E-state index in [2.05, 4.69) is 6.07 Å². The van der Waals surface area contributed by atoms with Gasteiger partial charge >= 0.3 is 0 Å². The summed E-state index contributed by atoms with van der Waals surface area (Å²) in [5, 5.41) is 8.59. The smallest absolute Gasteiger partial charge is 0.119 e. The fraction of sp³-hybridized carbons (Fsp3) is 0.417. The maximum Gasteiger partial charge on any atom is 0.119 e. The summed E-state index contributed by atoms with van der Waals surface area (Å²) in [5.41, 5.74) is 0.640. The van der Waals surface area contributed by atoms with Crippen molar-refractivity contribution in [2.75, 3.05) is 13.2 Å². The summed E-state index contributed by atoms with van der Waals surface area (Å²) in [5.74, 6) is 0.765. The van der Waals surface area contributed by atoms with Crippen LogP contribution in [-0.4, -0.2) is 19.3 Å². The van der Waals surface area contributed by atoms with Crippen LogP contribution in [0.2, 0.25) is 0 Å². The van der Waals surface area contributed by atoms with Crippen LogP contribution in [0, 0.1) is 11.3 Å². The lowest BCUT2D eigenvalue weighted by molar-refractivity contribution is 0.0553. The average molecular weight is 205 g/mol. The first-order valence-corrected chi connectivity index (χ1v) is 4.97. The predicted octanol–water partition coefficient (Wildman–Crippen LogP) is 2.36. The van der Waals surface area contributed by atoms with E-state index in [4.69, 9.17) is 14.7 Å². The zero-order valence-corrected chi connectivity index (χ0v) is 9.06. The second-order valence-corrected chi connectivity index (χ2v) is 3.40. The topological polar surface area (TPSA) is 42.2 Å². The molecule has 0 aromatic heterocycles. The second kappa shape index (κ2) is 6.05. The monoisotopic (exact) mass is 205 g/mol. The third-order valence-corrected chi connectivity index (χ3v) is 1.79. The maximum absolute atomic E-state index is 8.59. The van der Waals surface area contributed by atoms with E-state index >= 15 is 0 Å². The van der Waals surface area contributed by atoms with Crippen molar-refractivity contribution in [3.63, 3.8) is 0 Å². The van der Waals surface area contributed by atoms with Gasteiger partial charge < -0.3 is 9.47 Å². The van der Waals surface area contributed by atoms with Crippen LogP contribution in [0.4, 0.5) is 0 Å². The molecule has 0 saturated carbocycles. The first-order chi connectivity index (χ1) is 7.22. The molecule has 1 rings (SSSR count). The fourth-order valence-corrected chi connectivity index (χ4v) is 1.07. The summed E-state index contributed by atoms with van der Waals surface area (Å²) in [6.45, 7) is 5.09. The highest BCUT2D eigenvalue weighted by atomic mass is 16.5. The number of hydrogen-bond acceptors (Lipinski definition) is 3. The Bertz CT molecular complexity index is 324. The Kier molecular flexibility index (Phi) is 4.65. The molecule has 3 heteroatoms. The molecule has 1 aromatic carbocycles. The molecule has 0 aliphatic carbocycles. The van der Waals surface area contributed by atoms with E-state index < -0.39 is 0 Å². The molecule has 80 valence electrons. The number of rotatable bonds is 5. The molecule has 0 radical (unpaired) electrons. The lowest BCUT2D eigenvalue weighted by Gasteiger charge is -2.08. The average Bonchev–Trinajstić information content (AvgIpc) is 2.25. The van der Waals surface area contributed by atoms with Crippen LogP contribution in [-0.2, 0) is 4.74 Å². The largest absolute Gasteiger partial charge is 0.491 e. The predicted molar refractivity (Wildman–Crippen MR) is 57.7 cm³/mol. The minimum absolute atomic E-state index is 0.231. The van der Waals surface area contributed by atoms with Gasteiger partial charge in [0.15, 0.2) is 0 Å². The van der Waals surface area contributed by atoms with Gasteiger partial charge in [0.05, 0.1) is 24.3 Å². The standard InChI is InChI=1S/C12H15NO2/c1-10(2)14-7-8-15-12-5-3-11(9-13)4-6-12/h3-6,10H,7-8H2,1-2H3. The number of benzene rings is 1. The molecular formula is C12H15NO2. The summed E-state index contributed by atoms with van der Waals surface area (Å²) in [6, 6.07) is 9.10. The molecule has 0 amide bonds. The number of hydrogen-bond donors (Lipinski definition) is 0. The first kappa shape index (κ1) is 11.5. The Morgan fingerprint density at radius 2 is 1.87 bits per heavy atom. The summed E-state index contributed by atoms with van der Waals surface area (Å²) in [7, 11) is 0. The molecule has 1 aromatic rings. The Morgan fingerprint density at radius 3 is 2.40 bits per heavy atom. The second-order valence-electron chi connectivity index (χ2n) is 3.40. The maximum atomic E-state index is 8.59. The molecule has 15 heavy (non-hydrogen) atoms. The van der Waals surface area contributed by atoms with E-state index in [9.17, 15) is 0 Å². The van der Waals surface area contributed by atoms with Gasteiger partial charge in [0.2, 0.25) is 0 Å². The van der Waals surface area contributed by atoms with Crippen LogP contribution in [0.15, 0.2) is 24.3 Å². The lowest BCUT2D eigenvalue weighted by Crippen LogP contribution is -2.11. The van der Waals surface area contributed by atoms with Gasteiger partial charge in [-0.3, -0.25) is 0 Å². The highest BCUT2D eigenvalue weighted by Gasteiger charge is 1.96. The Balaban J connectivity index is 2.29. The molecule has 0 bridgehead atoms. The summed E-state index contributed by atoms with van der Waals surface area (Å²) < 4.78 is 10.8. The van der Waals surface area contributed by atoms with Crippen molar-refractivity contribution in [1.29, 1.82) is 5.26 Å². The van der Waals surface area contributed by atoms with Crippen molar-refractivity contribution in [3.8, 4) is 11.8 Å². The number of nitrogens with zero attached hydrogens (tertiary/aromatic N) is 1. The molecule has 0 aliphatic rings. The molecular weight excluding hydrogens is 190 g/mol. The lowest BCUT2D eigenvalue weighted by atomic mass is 10.2. The zero-order chi connectivity index (χ0) is 11.1. The molecule has 0 heterocycles. The van der Waals surface area contributed by atoms with E-state index in [1.807, 2.05) is 13.8 Å². The minimum Gasteiger partial charge on any atom is -0.491 e. The Morgan fingerprint density at radius 1 is 1.20 bits per heavy atom. The third kappa shape index (κ3) is 4.48. The van der Waals surface area contributed by atoms with Crippen LogP contribution in [0.25, 0.3) is 0 Å². The van der Waals surface area contributed by atoms with E-state index in [0.717, 1.165) is 5.75 Å². The van der Waals surface area contributed by atoms with Crippen molar-refractivity contribution in [2.45, 2.75) is 20.0 Å². The van der Waals surface area contributed by atoms with E-state index in [1.165, 1.54) is 0 Å². The van der Waals surface area contributed by atoms with Gasteiger partial charge in [0, 0.05) is 0 Å². The molecule has 0 aliphatic heterocycles. The summed E-state index contributed by atoms with van der Waals surface area (Å²) in [6.07, 6.45) is 0.231. The Labute approximate surface area is 90.2 Å². The fourth-order valence-electron chi connectivity index (χ4n) is 1.07. The quantitative estimate of drug-likeness (QED) is 0.693. The van der Waals surface area contributed by atoms with Crippen LogP contribution < -0.4 is 4.74 Å². The zero-order valence-electron chi connectivity index (χ0n) is 9.06. The molecule has 0 spiro atoms. The van der Waals surface area contributed by atoms with Gasteiger partial charge in [-0.05, 0) is 38.1 Å².